The third-order valence-electron chi connectivity index (χ3n) is 6.38. The van der Waals surface area contributed by atoms with Gasteiger partial charge in [-0.2, -0.15) is 0 Å². The molecule has 7 nitrogen and oxygen atoms in total. The molecule has 1 amide bonds. The molecule has 7 heteroatoms. The van der Waals surface area contributed by atoms with Crippen molar-refractivity contribution in [2.45, 2.75) is 19.9 Å². The Morgan fingerprint density at radius 1 is 0.886 bits per heavy atom. The van der Waals surface area contributed by atoms with Crippen LogP contribution < -0.4 is 14.7 Å². The Morgan fingerprint density at radius 3 is 2.00 bits per heavy atom. The summed E-state index contributed by atoms with van der Waals surface area (Å²) in [4.78, 5) is 36.3. The minimum Gasteiger partial charge on any atom is -0.507 e. The van der Waals surface area contributed by atoms with Gasteiger partial charge in [-0.25, -0.2) is 0 Å². The first kappa shape index (κ1) is 24.0. The number of anilines is 3. The van der Waals surface area contributed by atoms with Gasteiger partial charge in [-0.15, -0.1) is 0 Å². The molecule has 1 aliphatic rings. The number of carbonyl (C=O) groups is 2. The Hall–Kier alpha value is -4.13. The standard InChI is InChI=1S/C28H30N4O3/c1-5-31(6-2)22-9-7-19(8-10-22)25-24(26(33)20-15-17-29-18-16-20)27(34)28(35)32(25)23-13-11-21(12-14-23)30(3)4/h7-18,25,33H,5-6H2,1-4H3/b26-24+. The van der Waals surface area contributed by atoms with Crippen LogP contribution in [0.15, 0.2) is 78.6 Å². The molecule has 0 aliphatic carbocycles. The van der Waals surface area contributed by atoms with Gasteiger partial charge in [0.2, 0.25) is 0 Å². The average Bonchev–Trinajstić information content (AvgIpc) is 3.15. The maximum Gasteiger partial charge on any atom is 0.300 e. The number of rotatable bonds is 7. The van der Waals surface area contributed by atoms with Gasteiger partial charge in [-0.05, 0) is 67.9 Å². The smallest absolute Gasteiger partial charge is 0.300 e. The molecule has 2 heterocycles. The Balaban J connectivity index is 1.87. The second-order valence-corrected chi connectivity index (χ2v) is 8.58. The van der Waals surface area contributed by atoms with Crippen LogP contribution in [0, 0.1) is 0 Å². The Labute approximate surface area is 205 Å². The van der Waals surface area contributed by atoms with Crippen molar-refractivity contribution in [3.63, 3.8) is 0 Å². The predicted molar refractivity (Wildman–Crippen MR) is 140 cm³/mol. The van der Waals surface area contributed by atoms with Gasteiger partial charge in [0.05, 0.1) is 11.6 Å². The first-order valence-corrected chi connectivity index (χ1v) is 11.7. The van der Waals surface area contributed by atoms with E-state index in [0.717, 1.165) is 30.0 Å². The lowest BCUT2D eigenvalue weighted by molar-refractivity contribution is -0.132. The van der Waals surface area contributed by atoms with Crippen LogP contribution in [0.2, 0.25) is 0 Å². The lowest BCUT2D eigenvalue weighted by Crippen LogP contribution is -2.29. The number of amides is 1. The van der Waals surface area contributed by atoms with Crippen molar-refractivity contribution < 1.29 is 14.7 Å². The minimum atomic E-state index is -0.765. The van der Waals surface area contributed by atoms with Gasteiger partial charge in [0.25, 0.3) is 11.7 Å². The number of hydrogen-bond acceptors (Lipinski definition) is 6. The summed E-state index contributed by atoms with van der Waals surface area (Å²) in [6.07, 6.45) is 3.08. The SMILES string of the molecule is CCN(CC)c1ccc(C2/C(=C(\O)c3ccncc3)C(=O)C(=O)N2c2ccc(N(C)C)cc2)cc1. The maximum atomic E-state index is 13.3. The summed E-state index contributed by atoms with van der Waals surface area (Å²) in [6.45, 7) is 5.93. The summed E-state index contributed by atoms with van der Waals surface area (Å²) in [7, 11) is 3.88. The minimum absolute atomic E-state index is 0.0634. The van der Waals surface area contributed by atoms with E-state index in [-0.39, 0.29) is 11.3 Å². The Bertz CT molecular complexity index is 1230. The molecule has 0 radical (unpaired) electrons. The summed E-state index contributed by atoms with van der Waals surface area (Å²) in [6, 6.07) is 17.7. The second-order valence-electron chi connectivity index (χ2n) is 8.58. The summed E-state index contributed by atoms with van der Waals surface area (Å²) < 4.78 is 0. The van der Waals surface area contributed by atoms with E-state index in [1.165, 1.54) is 4.90 Å². The molecule has 4 rings (SSSR count). The maximum absolute atomic E-state index is 13.3. The second kappa shape index (κ2) is 10.0. The molecular weight excluding hydrogens is 440 g/mol. The molecule has 1 aliphatic heterocycles. The van der Waals surface area contributed by atoms with E-state index >= 15 is 0 Å². The summed E-state index contributed by atoms with van der Waals surface area (Å²) in [5.74, 6) is -1.60. The zero-order valence-corrected chi connectivity index (χ0v) is 20.5. The normalized spacial score (nSPS) is 17.0. The summed E-state index contributed by atoms with van der Waals surface area (Å²) in [5, 5.41) is 11.2. The number of aromatic nitrogens is 1. The van der Waals surface area contributed by atoms with Crippen LogP contribution in [-0.4, -0.2) is 49.0 Å². The van der Waals surface area contributed by atoms with Crippen LogP contribution in [0.3, 0.4) is 0 Å². The largest absolute Gasteiger partial charge is 0.507 e. The highest BCUT2D eigenvalue weighted by molar-refractivity contribution is 6.51. The fourth-order valence-corrected chi connectivity index (χ4v) is 4.45. The first-order chi connectivity index (χ1) is 16.9. The molecule has 3 aromatic rings. The highest BCUT2D eigenvalue weighted by atomic mass is 16.3. The number of Topliss-reactive ketones (excluding diaryl/α,β-unsaturated/α-hetero) is 1. The van der Waals surface area contributed by atoms with E-state index in [0.29, 0.717) is 11.3 Å². The van der Waals surface area contributed by atoms with Gasteiger partial charge in [-0.3, -0.25) is 19.5 Å². The molecule has 1 aromatic heterocycles. The number of pyridine rings is 1. The van der Waals surface area contributed by atoms with Crippen molar-refractivity contribution in [3.8, 4) is 0 Å². The highest BCUT2D eigenvalue weighted by Crippen LogP contribution is 2.42. The molecule has 1 atom stereocenters. The third kappa shape index (κ3) is 4.49. The number of nitrogens with zero attached hydrogens (tertiary/aromatic N) is 4. The number of carbonyl (C=O) groups excluding carboxylic acids is 2. The van der Waals surface area contributed by atoms with Gasteiger partial charge in [-0.1, -0.05) is 12.1 Å². The fourth-order valence-electron chi connectivity index (χ4n) is 4.45. The van der Waals surface area contributed by atoms with E-state index in [2.05, 4.69) is 23.7 Å². The van der Waals surface area contributed by atoms with Crippen LogP contribution in [0.4, 0.5) is 17.1 Å². The van der Waals surface area contributed by atoms with E-state index < -0.39 is 17.7 Å². The average molecular weight is 471 g/mol. The molecule has 1 fully saturated rings. The van der Waals surface area contributed by atoms with E-state index in [1.807, 2.05) is 67.5 Å². The Kier molecular flexibility index (Phi) is 6.87. The molecular formula is C28H30N4O3. The van der Waals surface area contributed by atoms with Crippen molar-refractivity contribution in [1.82, 2.24) is 4.98 Å². The topological polar surface area (TPSA) is 77.0 Å². The van der Waals surface area contributed by atoms with Crippen LogP contribution in [0.25, 0.3) is 5.76 Å². The number of aliphatic hydroxyl groups excluding tert-OH is 1. The molecule has 180 valence electrons. The van der Waals surface area contributed by atoms with Crippen LogP contribution in [0.1, 0.15) is 31.0 Å². The molecule has 0 saturated carbocycles. The van der Waals surface area contributed by atoms with Crippen molar-refractivity contribution in [3.05, 3.63) is 89.8 Å². The van der Waals surface area contributed by atoms with Gasteiger partial charge in [0, 0.05) is 62.2 Å². The van der Waals surface area contributed by atoms with Crippen LogP contribution in [0.5, 0.6) is 0 Å². The monoisotopic (exact) mass is 470 g/mol. The van der Waals surface area contributed by atoms with Gasteiger partial charge in [0.1, 0.15) is 5.76 Å². The van der Waals surface area contributed by atoms with Crippen molar-refractivity contribution >= 4 is 34.5 Å². The summed E-state index contributed by atoms with van der Waals surface area (Å²) in [5.41, 5.74) is 3.86. The zero-order valence-electron chi connectivity index (χ0n) is 20.5. The number of aliphatic hydroxyl groups is 1. The molecule has 0 bridgehead atoms. The molecule has 2 aromatic carbocycles. The van der Waals surface area contributed by atoms with Gasteiger partial charge >= 0.3 is 0 Å². The van der Waals surface area contributed by atoms with Crippen LogP contribution >= 0.6 is 0 Å². The van der Waals surface area contributed by atoms with E-state index in [1.54, 1.807) is 24.5 Å². The number of benzene rings is 2. The van der Waals surface area contributed by atoms with Crippen molar-refractivity contribution in [1.29, 1.82) is 0 Å². The van der Waals surface area contributed by atoms with E-state index in [4.69, 9.17) is 0 Å². The van der Waals surface area contributed by atoms with E-state index in [9.17, 15) is 14.7 Å². The van der Waals surface area contributed by atoms with Crippen molar-refractivity contribution in [2.75, 3.05) is 41.9 Å². The predicted octanol–water partition coefficient (Wildman–Crippen LogP) is 4.62. The van der Waals surface area contributed by atoms with Gasteiger partial charge < -0.3 is 14.9 Å². The molecule has 1 unspecified atom stereocenters. The molecule has 0 spiro atoms. The molecule has 1 N–H and O–H groups in total. The molecule has 1 saturated heterocycles. The highest BCUT2D eigenvalue weighted by Gasteiger charge is 2.47. The first-order valence-electron chi connectivity index (χ1n) is 11.7. The fraction of sp³-hybridized carbons (Fsp3) is 0.250. The van der Waals surface area contributed by atoms with Crippen LogP contribution in [-0.2, 0) is 9.59 Å². The quantitative estimate of drug-likeness (QED) is 0.308. The number of ketones is 1. The van der Waals surface area contributed by atoms with Crippen molar-refractivity contribution in [2.24, 2.45) is 0 Å². The Morgan fingerprint density at radius 2 is 1.46 bits per heavy atom. The number of hydrogen-bond donors (Lipinski definition) is 1. The zero-order chi connectivity index (χ0) is 25.1. The summed E-state index contributed by atoms with van der Waals surface area (Å²) >= 11 is 0. The molecule has 35 heavy (non-hydrogen) atoms. The third-order valence-corrected chi connectivity index (χ3v) is 6.38. The lowest BCUT2D eigenvalue weighted by atomic mass is 9.95. The van der Waals surface area contributed by atoms with Gasteiger partial charge in [0.15, 0.2) is 0 Å². The lowest BCUT2D eigenvalue weighted by Gasteiger charge is -2.27.